The predicted octanol–water partition coefficient (Wildman–Crippen LogP) is 3.84. The van der Waals surface area contributed by atoms with Crippen LogP contribution in [-0.2, 0) is 21.0 Å². The number of hydrogen-bond acceptors (Lipinski definition) is 6. The third-order valence-corrected chi connectivity index (χ3v) is 4.94. The highest BCUT2D eigenvalue weighted by Gasteiger charge is 2.21. The molecule has 0 aliphatic rings. The molecule has 1 unspecified atom stereocenters. The Kier molecular flexibility index (Phi) is 8.65. The molecule has 34 heavy (non-hydrogen) atoms. The second kappa shape index (κ2) is 12.1. The first-order valence-corrected chi connectivity index (χ1v) is 10.5. The van der Waals surface area contributed by atoms with E-state index in [0.29, 0.717) is 29.4 Å². The van der Waals surface area contributed by atoms with Crippen LogP contribution >= 0.6 is 0 Å². The molecule has 3 rings (SSSR count). The van der Waals surface area contributed by atoms with Gasteiger partial charge < -0.3 is 20.3 Å². The zero-order chi connectivity index (χ0) is 24.3. The van der Waals surface area contributed by atoms with E-state index in [1.165, 1.54) is 7.11 Å². The van der Waals surface area contributed by atoms with Crippen molar-refractivity contribution in [2.45, 2.75) is 18.9 Å². The van der Waals surface area contributed by atoms with Gasteiger partial charge >= 0.3 is 5.97 Å². The molecule has 0 heterocycles. The van der Waals surface area contributed by atoms with Gasteiger partial charge in [0.15, 0.2) is 0 Å². The smallest absolute Gasteiger partial charge is 0.304 e. The van der Waals surface area contributed by atoms with E-state index in [9.17, 15) is 9.59 Å². The fourth-order valence-electron chi connectivity index (χ4n) is 3.19. The van der Waals surface area contributed by atoms with Crippen LogP contribution in [0, 0.1) is 0 Å². The van der Waals surface area contributed by atoms with E-state index in [-0.39, 0.29) is 6.42 Å². The Bertz CT molecular complexity index is 1110. The normalized spacial score (nSPS) is 12.0. The third kappa shape index (κ3) is 7.11. The van der Waals surface area contributed by atoms with Crippen molar-refractivity contribution in [2.75, 3.05) is 7.11 Å². The fourth-order valence-corrected chi connectivity index (χ4v) is 3.19. The number of nitrogens with one attached hydrogen (secondary N) is 1. The number of primary amides is 1. The number of carboxylic acids is 1. The Morgan fingerprint density at radius 1 is 0.971 bits per heavy atom. The molecule has 8 nitrogen and oxygen atoms in total. The highest BCUT2D eigenvalue weighted by atomic mass is 16.6. The molecule has 0 spiro atoms. The number of rotatable bonds is 12. The minimum Gasteiger partial charge on any atom is -0.489 e. The second-order valence-corrected chi connectivity index (χ2v) is 7.38. The summed E-state index contributed by atoms with van der Waals surface area (Å²) in [4.78, 5) is 27.5. The molecule has 0 bridgehead atoms. The summed E-state index contributed by atoms with van der Waals surface area (Å²) in [5.41, 5.74) is 11.2. The quantitative estimate of drug-likeness (QED) is 0.276. The summed E-state index contributed by atoms with van der Waals surface area (Å²) in [7, 11) is 1.53. The van der Waals surface area contributed by atoms with Crippen molar-refractivity contribution in [3.8, 4) is 11.5 Å². The van der Waals surface area contributed by atoms with Crippen molar-refractivity contribution in [3.63, 3.8) is 0 Å². The van der Waals surface area contributed by atoms with E-state index >= 15 is 0 Å². The molecule has 1 amide bonds. The average molecular weight is 463 g/mol. The van der Waals surface area contributed by atoms with Crippen LogP contribution in [0.1, 0.15) is 29.0 Å². The molecule has 176 valence electrons. The number of ether oxygens (including phenoxy) is 2. The van der Waals surface area contributed by atoms with E-state index < -0.39 is 17.8 Å². The average Bonchev–Trinajstić information content (AvgIpc) is 2.85. The topological polar surface area (TPSA) is 120 Å². The Balaban J connectivity index is 1.57. The van der Waals surface area contributed by atoms with Crippen LogP contribution in [0.5, 0.6) is 11.5 Å². The fraction of sp³-hybridized carbons (Fsp3) is 0.154. The zero-order valence-corrected chi connectivity index (χ0v) is 18.6. The van der Waals surface area contributed by atoms with Gasteiger partial charge in [0.25, 0.3) is 0 Å². The first-order valence-electron chi connectivity index (χ1n) is 10.5. The number of hydrogen-bond donors (Lipinski definition) is 3. The van der Waals surface area contributed by atoms with E-state index in [1.54, 1.807) is 30.5 Å². The molecule has 0 aliphatic heterocycles. The Labute approximate surface area is 197 Å². The van der Waals surface area contributed by atoms with Crippen molar-refractivity contribution < 1.29 is 29.0 Å². The summed E-state index contributed by atoms with van der Waals surface area (Å²) < 4.78 is 11.5. The van der Waals surface area contributed by atoms with E-state index in [2.05, 4.69) is 5.48 Å². The van der Waals surface area contributed by atoms with Gasteiger partial charge in [-0.05, 0) is 35.4 Å². The molecule has 0 fully saturated rings. The number of nitrogens with two attached hydrogens (primary N) is 1. The van der Waals surface area contributed by atoms with Crippen LogP contribution in [0.15, 0.2) is 85.1 Å². The summed E-state index contributed by atoms with van der Waals surface area (Å²) in [6.07, 6.45) is 1.23. The lowest BCUT2D eigenvalue weighted by Crippen LogP contribution is -2.23. The third-order valence-electron chi connectivity index (χ3n) is 4.94. The molecule has 0 saturated heterocycles. The molecule has 0 radical (unpaired) electrons. The highest BCUT2D eigenvalue weighted by Crippen LogP contribution is 2.23. The van der Waals surface area contributed by atoms with Crippen LogP contribution in [0.4, 0.5) is 0 Å². The molecule has 0 aromatic heterocycles. The number of carboxylic acid groups (broad SMARTS) is 1. The molecule has 3 aromatic carbocycles. The number of carbonyl (C=O) groups excluding carboxylic acids is 1. The molecule has 4 N–H and O–H groups in total. The maximum Gasteiger partial charge on any atom is 0.304 e. The summed E-state index contributed by atoms with van der Waals surface area (Å²) in [6, 6.07) is 23.8. The van der Waals surface area contributed by atoms with Crippen molar-refractivity contribution in [1.82, 2.24) is 5.48 Å². The van der Waals surface area contributed by atoms with E-state index in [0.717, 1.165) is 11.1 Å². The number of amides is 1. The summed E-state index contributed by atoms with van der Waals surface area (Å²) in [5.74, 6) is -1.41. The van der Waals surface area contributed by atoms with Gasteiger partial charge in [0.1, 0.15) is 30.1 Å². The van der Waals surface area contributed by atoms with Gasteiger partial charge in [-0.2, -0.15) is 0 Å². The lowest BCUT2D eigenvalue weighted by molar-refractivity contribution is -0.139. The Morgan fingerprint density at radius 3 is 2.21 bits per heavy atom. The maximum atomic E-state index is 11.6. The van der Waals surface area contributed by atoms with Gasteiger partial charge in [-0.3, -0.25) is 19.9 Å². The van der Waals surface area contributed by atoms with Gasteiger partial charge in [0, 0.05) is 5.56 Å². The predicted molar refractivity (Wildman–Crippen MR) is 127 cm³/mol. The van der Waals surface area contributed by atoms with Gasteiger partial charge in [-0.25, -0.2) is 0 Å². The van der Waals surface area contributed by atoms with Crippen molar-refractivity contribution in [3.05, 3.63) is 102 Å². The zero-order valence-electron chi connectivity index (χ0n) is 18.6. The summed E-state index contributed by atoms with van der Waals surface area (Å²) in [6.45, 7) is 0.324. The summed E-state index contributed by atoms with van der Waals surface area (Å²) >= 11 is 0. The molecular formula is C26H26N2O6. The van der Waals surface area contributed by atoms with Crippen LogP contribution in [-0.4, -0.2) is 24.1 Å². The highest BCUT2D eigenvalue weighted by molar-refractivity contribution is 5.86. The molecular weight excluding hydrogens is 436 g/mol. The van der Waals surface area contributed by atoms with Crippen LogP contribution in [0.3, 0.4) is 0 Å². The van der Waals surface area contributed by atoms with Crippen LogP contribution < -0.4 is 20.7 Å². The van der Waals surface area contributed by atoms with Crippen molar-refractivity contribution >= 4 is 17.6 Å². The van der Waals surface area contributed by atoms with Gasteiger partial charge in [-0.1, -0.05) is 54.6 Å². The second-order valence-electron chi connectivity index (χ2n) is 7.38. The molecule has 0 aliphatic carbocycles. The first kappa shape index (κ1) is 24.3. The Morgan fingerprint density at radius 2 is 1.62 bits per heavy atom. The monoisotopic (exact) mass is 462 g/mol. The minimum atomic E-state index is -1.08. The lowest BCUT2D eigenvalue weighted by atomic mass is 9.95. The largest absolute Gasteiger partial charge is 0.489 e. The van der Waals surface area contributed by atoms with Gasteiger partial charge in [0.05, 0.1) is 19.4 Å². The van der Waals surface area contributed by atoms with Crippen molar-refractivity contribution in [1.29, 1.82) is 0 Å². The van der Waals surface area contributed by atoms with Crippen LogP contribution in [0.25, 0.3) is 5.70 Å². The van der Waals surface area contributed by atoms with Crippen molar-refractivity contribution in [2.24, 2.45) is 5.73 Å². The number of hydroxylamine groups is 1. The SMILES string of the molecule is CONC(=COc1ccc(COc2ccc(C(CC(=O)O)C(N)=O)cc2)cc1)c1ccccc1. The van der Waals surface area contributed by atoms with Gasteiger partial charge in [-0.15, -0.1) is 0 Å². The first-order chi connectivity index (χ1) is 16.5. The standard InChI is InChI=1S/C26H26N2O6/c1-32-28-24(20-5-3-2-4-6-20)17-34-21-11-7-18(8-12-21)16-33-22-13-9-19(10-14-22)23(26(27)31)15-25(29)30/h2-14,17,23,28H,15-16H2,1H3,(H2,27,31)(H,29,30). The number of benzene rings is 3. The van der Waals surface area contributed by atoms with E-state index in [4.69, 9.17) is 25.2 Å². The van der Waals surface area contributed by atoms with Crippen LogP contribution in [0.2, 0.25) is 0 Å². The lowest BCUT2D eigenvalue weighted by Gasteiger charge is -2.13. The van der Waals surface area contributed by atoms with E-state index in [1.807, 2.05) is 54.6 Å². The maximum absolute atomic E-state index is 11.6. The molecule has 8 heteroatoms. The molecule has 0 saturated carbocycles. The summed E-state index contributed by atoms with van der Waals surface area (Å²) in [5, 5.41) is 8.96. The Hall–Kier alpha value is -4.30. The van der Waals surface area contributed by atoms with Gasteiger partial charge in [0.2, 0.25) is 5.91 Å². The minimum absolute atomic E-state index is 0.324. The molecule has 1 atom stereocenters. The molecule has 3 aromatic rings. The number of aliphatic carboxylic acids is 1. The number of carbonyl (C=O) groups is 2.